The zero-order valence-corrected chi connectivity index (χ0v) is 11.4. The summed E-state index contributed by atoms with van der Waals surface area (Å²) in [6, 6.07) is 13.8. The summed E-state index contributed by atoms with van der Waals surface area (Å²) in [6.07, 6.45) is 0. The maximum atomic E-state index is 11.8. The summed E-state index contributed by atoms with van der Waals surface area (Å²) in [5.41, 5.74) is 1.33. The second-order valence-corrected chi connectivity index (χ2v) is 3.89. The number of carboxylic acids is 1. The zero-order chi connectivity index (χ0) is 15.8. The number of methoxy groups -OCH3 is 1. The summed E-state index contributed by atoms with van der Waals surface area (Å²) < 4.78 is 4.69. The SMILES string of the molecule is C=O.COC(=O)c1c(C(=O)O)cccc1-c1ccccc1. The minimum absolute atomic E-state index is 0.0618. The first-order valence-electron chi connectivity index (χ1n) is 5.94. The van der Waals surface area contributed by atoms with E-state index >= 15 is 0 Å². The van der Waals surface area contributed by atoms with Crippen molar-refractivity contribution in [3.05, 3.63) is 59.7 Å². The fraction of sp³-hybridized carbons (Fsp3) is 0.0625. The number of carbonyl (C=O) groups is 3. The Balaban J connectivity index is 0.00000106. The van der Waals surface area contributed by atoms with Crippen LogP contribution in [0.2, 0.25) is 0 Å². The Morgan fingerprint density at radius 2 is 1.62 bits per heavy atom. The van der Waals surface area contributed by atoms with Gasteiger partial charge in [0.15, 0.2) is 0 Å². The smallest absolute Gasteiger partial charge is 0.339 e. The summed E-state index contributed by atoms with van der Waals surface area (Å²) in [6.45, 7) is 2.00. The molecule has 0 aliphatic heterocycles. The van der Waals surface area contributed by atoms with Gasteiger partial charge in [0.05, 0.1) is 18.2 Å². The Kier molecular flexibility index (Phi) is 5.82. The Labute approximate surface area is 121 Å². The normalized spacial score (nSPS) is 9.19. The topological polar surface area (TPSA) is 80.7 Å². The molecular formula is C16H14O5. The van der Waals surface area contributed by atoms with Crippen LogP contribution in [0.3, 0.4) is 0 Å². The molecule has 0 fully saturated rings. The Morgan fingerprint density at radius 3 is 2.14 bits per heavy atom. The van der Waals surface area contributed by atoms with Crippen LogP contribution < -0.4 is 0 Å². The summed E-state index contributed by atoms with van der Waals surface area (Å²) >= 11 is 0. The van der Waals surface area contributed by atoms with Crippen molar-refractivity contribution in [2.45, 2.75) is 0 Å². The van der Waals surface area contributed by atoms with Crippen LogP contribution in [0.5, 0.6) is 0 Å². The second kappa shape index (κ2) is 7.59. The van der Waals surface area contributed by atoms with Crippen molar-refractivity contribution in [2.24, 2.45) is 0 Å². The molecule has 0 aromatic heterocycles. The van der Waals surface area contributed by atoms with Gasteiger partial charge >= 0.3 is 11.9 Å². The van der Waals surface area contributed by atoms with Gasteiger partial charge in [0.1, 0.15) is 6.79 Å². The molecule has 0 aliphatic carbocycles. The van der Waals surface area contributed by atoms with E-state index in [4.69, 9.17) is 4.79 Å². The lowest BCUT2D eigenvalue weighted by Crippen LogP contribution is -2.11. The third-order valence-electron chi connectivity index (χ3n) is 2.77. The third-order valence-corrected chi connectivity index (χ3v) is 2.77. The lowest BCUT2D eigenvalue weighted by atomic mass is 9.95. The van der Waals surface area contributed by atoms with Crippen LogP contribution in [0.15, 0.2) is 48.5 Å². The van der Waals surface area contributed by atoms with E-state index in [1.807, 2.05) is 37.1 Å². The number of carbonyl (C=O) groups excluding carboxylic acids is 2. The summed E-state index contributed by atoms with van der Waals surface area (Å²) in [5.74, 6) is -1.81. The van der Waals surface area contributed by atoms with Crippen LogP contribution in [-0.2, 0) is 9.53 Å². The van der Waals surface area contributed by atoms with Gasteiger partial charge in [-0.1, -0.05) is 42.5 Å². The fourth-order valence-corrected chi connectivity index (χ4v) is 1.91. The fourth-order valence-electron chi connectivity index (χ4n) is 1.91. The highest BCUT2D eigenvalue weighted by Gasteiger charge is 2.21. The lowest BCUT2D eigenvalue weighted by molar-refractivity contribution is -0.0980. The molecule has 108 valence electrons. The van der Waals surface area contributed by atoms with E-state index in [9.17, 15) is 14.7 Å². The molecule has 0 radical (unpaired) electrons. The molecule has 2 aromatic carbocycles. The average molecular weight is 286 g/mol. The molecule has 0 unspecified atom stereocenters. The maximum Gasteiger partial charge on any atom is 0.339 e. The highest BCUT2D eigenvalue weighted by Crippen LogP contribution is 2.27. The number of hydrogen-bond acceptors (Lipinski definition) is 4. The first-order chi connectivity index (χ1) is 10.1. The molecule has 0 amide bonds. The van der Waals surface area contributed by atoms with Crippen molar-refractivity contribution in [2.75, 3.05) is 7.11 Å². The number of esters is 1. The minimum Gasteiger partial charge on any atom is -0.478 e. The first-order valence-corrected chi connectivity index (χ1v) is 5.94. The standard InChI is InChI=1S/C15H12O4.CH2O/c1-19-15(18)13-11(10-6-3-2-4-7-10)8-5-9-12(13)14(16)17;1-2/h2-9H,1H3,(H,16,17);1H2. The molecule has 0 saturated heterocycles. The highest BCUT2D eigenvalue weighted by molar-refractivity contribution is 6.07. The van der Waals surface area contributed by atoms with E-state index < -0.39 is 11.9 Å². The molecule has 1 N–H and O–H groups in total. The van der Waals surface area contributed by atoms with Crippen LogP contribution in [-0.4, -0.2) is 30.9 Å². The number of carboxylic acid groups (broad SMARTS) is 1. The molecule has 0 heterocycles. The molecule has 0 atom stereocenters. The number of aromatic carboxylic acids is 1. The third kappa shape index (κ3) is 3.54. The number of hydrogen-bond donors (Lipinski definition) is 1. The predicted octanol–water partition coefficient (Wildman–Crippen LogP) is 2.65. The monoisotopic (exact) mass is 286 g/mol. The Morgan fingerprint density at radius 1 is 1.00 bits per heavy atom. The van der Waals surface area contributed by atoms with E-state index in [-0.39, 0.29) is 11.1 Å². The van der Waals surface area contributed by atoms with E-state index in [2.05, 4.69) is 4.74 Å². The van der Waals surface area contributed by atoms with Gasteiger partial charge in [-0.05, 0) is 17.2 Å². The zero-order valence-electron chi connectivity index (χ0n) is 11.4. The van der Waals surface area contributed by atoms with Gasteiger partial charge in [-0.25, -0.2) is 9.59 Å². The molecule has 2 rings (SSSR count). The van der Waals surface area contributed by atoms with Gasteiger partial charge in [0.25, 0.3) is 0 Å². The van der Waals surface area contributed by atoms with Gasteiger partial charge in [-0.15, -0.1) is 0 Å². The van der Waals surface area contributed by atoms with Crippen molar-refractivity contribution in [1.82, 2.24) is 0 Å². The molecule has 0 saturated carbocycles. The summed E-state index contributed by atoms with van der Waals surface area (Å²) in [5, 5.41) is 9.17. The Bertz CT molecular complexity index is 634. The quantitative estimate of drug-likeness (QED) is 0.877. The molecular weight excluding hydrogens is 272 g/mol. The molecule has 0 spiro atoms. The van der Waals surface area contributed by atoms with Gasteiger partial charge in [0.2, 0.25) is 0 Å². The molecule has 0 aliphatic rings. The van der Waals surface area contributed by atoms with Gasteiger partial charge in [-0.3, -0.25) is 0 Å². The number of ether oxygens (including phenoxy) is 1. The van der Waals surface area contributed by atoms with E-state index in [0.717, 1.165) is 5.56 Å². The lowest BCUT2D eigenvalue weighted by Gasteiger charge is -2.10. The van der Waals surface area contributed by atoms with Gasteiger partial charge in [-0.2, -0.15) is 0 Å². The van der Waals surface area contributed by atoms with Crippen LogP contribution >= 0.6 is 0 Å². The molecule has 5 heteroatoms. The van der Waals surface area contributed by atoms with Crippen molar-refractivity contribution in [3.63, 3.8) is 0 Å². The van der Waals surface area contributed by atoms with E-state index in [0.29, 0.717) is 5.56 Å². The second-order valence-electron chi connectivity index (χ2n) is 3.89. The largest absolute Gasteiger partial charge is 0.478 e. The van der Waals surface area contributed by atoms with E-state index in [1.54, 1.807) is 12.1 Å². The highest BCUT2D eigenvalue weighted by atomic mass is 16.5. The first kappa shape index (κ1) is 16.1. The molecule has 21 heavy (non-hydrogen) atoms. The van der Waals surface area contributed by atoms with Crippen molar-refractivity contribution >= 4 is 18.7 Å². The minimum atomic E-state index is -1.15. The van der Waals surface area contributed by atoms with Crippen LogP contribution in [0, 0.1) is 0 Å². The van der Waals surface area contributed by atoms with Gasteiger partial charge in [0, 0.05) is 0 Å². The summed E-state index contributed by atoms with van der Waals surface area (Å²) in [7, 11) is 1.23. The van der Waals surface area contributed by atoms with Gasteiger partial charge < -0.3 is 14.6 Å². The van der Waals surface area contributed by atoms with E-state index in [1.165, 1.54) is 13.2 Å². The van der Waals surface area contributed by atoms with Crippen molar-refractivity contribution < 1.29 is 24.2 Å². The number of benzene rings is 2. The molecule has 0 bridgehead atoms. The molecule has 5 nitrogen and oxygen atoms in total. The Hall–Kier alpha value is -2.95. The van der Waals surface area contributed by atoms with Crippen molar-refractivity contribution in [3.8, 4) is 11.1 Å². The average Bonchev–Trinajstić information content (AvgIpc) is 2.56. The van der Waals surface area contributed by atoms with Crippen molar-refractivity contribution in [1.29, 1.82) is 0 Å². The maximum absolute atomic E-state index is 11.8. The van der Waals surface area contributed by atoms with Crippen LogP contribution in [0.1, 0.15) is 20.7 Å². The van der Waals surface area contributed by atoms with Crippen LogP contribution in [0.4, 0.5) is 0 Å². The molecule has 2 aromatic rings. The predicted molar refractivity (Wildman–Crippen MR) is 77.3 cm³/mol. The van der Waals surface area contributed by atoms with Crippen LogP contribution in [0.25, 0.3) is 11.1 Å². The number of rotatable bonds is 3. The summed E-state index contributed by atoms with van der Waals surface area (Å²) in [4.78, 5) is 31.1.